The lowest BCUT2D eigenvalue weighted by Gasteiger charge is -2.22. The molecule has 0 amide bonds. The topological polar surface area (TPSA) is 38.0 Å². The summed E-state index contributed by atoms with van der Waals surface area (Å²) in [6, 6.07) is 6.73. The van der Waals surface area contributed by atoms with Crippen LogP contribution in [0, 0.1) is 0 Å². The average Bonchev–Trinajstić information content (AvgIpc) is 2.18. The third-order valence-corrected chi connectivity index (χ3v) is 2.79. The van der Waals surface area contributed by atoms with Crippen LogP contribution in [0.25, 0.3) is 0 Å². The number of rotatable bonds is 1. The average molecular weight is 176 g/mol. The Hall–Kier alpha value is -1.02. The molecular weight excluding hydrogens is 160 g/mol. The summed E-state index contributed by atoms with van der Waals surface area (Å²) >= 11 is 0. The number of aryl methyl sites for hydroxylation is 1. The third-order valence-electron chi connectivity index (χ3n) is 2.79. The molecule has 0 radical (unpaired) electrons. The van der Waals surface area contributed by atoms with Gasteiger partial charge in [-0.2, -0.15) is 0 Å². The second-order valence-electron chi connectivity index (χ2n) is 3.66. The Labute approximate surface area is 79.1 Å². The van der Waals surface area contributed by atoms with E-state index in [1.54, 1.807) is 0 Å². The monoisotopic (exact) mass is 176 g/mol. The first-order valence-corrected chi connectivity index (χ1v) is 4.87. The predicted octanol–water partition coefficient (Wildman–Crippen LogP) is 2.06. The van der Waals surface area contributed by atoms with Crippen LogP contribution in [0.2, 0.25) is 0 Å². The molecule has 1 aliphatic carbocycles. The smallest absolute Gasteiger partial charge is 0.0340 e. The molecule has 0 unspecified atom stereocenters. The summed E-state index contributed by atoms with van der Waals surface area (Å²) < 4.78 is 0. The van der Waals surface area contributed by atoms with Gasteiger partial charge in [0.2, 0.25) is 0 Å². The molecule has 2 heteroatoms. The maximum absolute atomic E-state index is 6.02. The zero-order chi connectivity index (χ0) is 9.26. The molecule has 0 saturated heterocycles. The number of hydrogen-bond acceptors (Lipinski definition) is 2. The summed E-state index contributed by atoms with van der Waals surface area (Å²) in [5.74, 6) is 0. The molecule has 13 heavy (non-hydrogen) atoms. The molecule has 0 bridgehead atoms. The molecule has 0 saturated carbocycles. The van der Waals surface area contributed by atoms with Gasteiger partial charge in [-0.15, -0.1) is 0 Å². The summed E-state index contributed by atoms with van der Waals surface area (Å²) in [5.41, 5.74) is 9.97. The van der Waals surface area contributed by atoms with Crippen LogP contribution in [0.1, 0.15) is 30.0 Å². The molecule has 2 nitrogen and oxygen atoms in total. The number of anilines is 1. The number of hydrogen-bond donors (Lipinski definition) is 2. The largest absolute Gasteiger partial charge is 0.388 e. The van der Waals surface area contributed by atoms with Crippen molar-refractivity contribution in [3.8, 4) is 0 Å². The molecule has 0 aliphatic heterocycles. The van der Waals surface area contributed by atoms with E-state index in [4.69, 9.17) is 5.73 Å². The fourth-order valence-electron chi connectivity index (χ4n) is 2.01. The third kappa shape index (κ3) is 1.54. The molecule has 1 aromatic carbocycles. The van der Waals surface area contributed by atoms with Gasteiger partial charge in [0, 0.05) is 18.8 Å². The van der Waals surface area contributed by atoms with E-state index in [-0.39, 0.29) is 6.04 Å². The van der Waals surface area contributed by atoms with Gasteiger partial charge in [-0.3, -0.25) is 0 Å². The molecule has 2 rings (SSSR count). The maximum atomic E-state index is 6.02. The standard InChI is InChI=1S/C11H16N2/c1-13-9-5-6-10-8(7-9)3-2-4-11(10)12/h5-7,11,13H,2-4,12H2,1H3/t11-/m0/s1. The molecular formula is C11H16N2. The van der Waals surface area contributed by atoms with Crippen LogP contribution in [0.4, 0.5) is 5.69 Å². The number of fused-ring (bicyclic) bond motifs is 1. The van der Waals surface area contributed by atoms with Gasteiger partial charge in [-0.1, -0.05) is 6.07 Å². The second-order valence-corrected chi connectivity index (χ2v) is 3.66. The van der Waals surface area contributed by atoms with Crippen LogP contribution in [0.15, 0.2) is 18.2 Å². The minimum atomic E-state index is 0.259. The van der Waals surface area contributed by atoms with Gasteiger partial charge in [0.15, 0.2) is 0 Å². The quantitative estimate of drug-likeness (QED) is 0.687. The predicted molar refractivity (Wildman–Crippen MR) is 55.9 cm³/mol. The lowest BCUT2D eigenvalue weighted by Crippen LogP contribution is -2.17. The van der Waals surface area contributed by atoms with Crippen LogP contribution in [-0.4, -0.2) is 7.05 Å². The Morgan fingerprint density at radius 2 is 2.31 bits per heavy atom. The van der Waals surface area contributed by atoms with Gasteiger partial charge < -0.3 is 11.1 Å². The molecule has 0 heterocycles. The van der Waals surface area contributed by atoms with Crippen molar-refractivity contribution in [2.24, 2.45) is 5.73 Å². The molecule has 0 fully saturated rings. The zero-order valence-corrected chi connectivity index (χ0v) is 8.01. The van der Waals surface area contributed by atoms with Gasteiger partial charge >= 0.3 is 0 Å². The van der Waals surface area contributed by atoms with Crippen LogP contribution in [0.5, 0.6) is 0 Å². The lowest BCUT2D eigenvalue weighted by molar-refractivity contribution is 0.570. The Balaban J connectivity index is 2.39. The van der Waals surface area contributed by atoms with E-state index in [9.17, 15) is 0 Å². The molecule has 1 aromatic rings. The number of benzene rings is 1. The molecule has 70 valence electrons. The first-order chi connectivity index (χ1) is 6.31. The van der Waals surface area contributed by atoms with Gasteiger partial charge in [0.1, 0.15) is 0 Å². The van der Waals surface area contributed by atoms with Crippen molar-refractivity contribution >= 4 is 5.69 Å². The van der Waals surface area contributed by atoms with E-state index in [2.05, 4.69) is 23.5 Å². The minimum absolute atomic E-state index is 0.259. The fourth-order valence-corrected chi connectivity index (χ4v) is 2.01. The first kappa shape index (κ1) is 8.57. The van der Waals surface area contributed by atoms with Crippen molar-refractivity contribution in [3.63, 3.8) is 0 Å². The minimum Gasteiger partial charge on any atom is -0.388 e. The van der Waals surface area contributed by atoms with E-state index in [0.717, 1.165) is 6.42 Å². The molecule has 0 spiro atoms. The Morgan fingerprint density at radius 3 is 3.08 bits per heavy atom. The summed E-state index contributed by atoms with van der Waals surface area (Å²) in [6.45, 7) is 0. The SMILES string of the molecule is CNc1ccc2c(c1)CCC[C@@H]2N. The first-order valence-electron chi connectivity index (χ1n) is 4.87. The fraction of sp³-hybridized carbons (Fsp3) is 0.455. The van der Waals surface area contributed by atoms with Crippen molar-refractivity contribution < 1.29 is 0 Å². The van der Waals surface area contributed by atoms with E-state index < -0.39 is 0 Å². The highest BCUT2D eigenvalue weighted by molar-refractivity contribution is 5.49. The van der Waals surface area contributed by atoms with Gasteiger partial charge in [-0.25, -0.2) is 0 Å². The van der Waals surface area contributed by atoms with Crippen LogP contribution >= 0.6 is 0 Å². The summed E-state index contributed by atoms with van der Waals surface area (Å²) in [4.78, 5) is 0. The van der Waals surface area contributed by atoms with E-state index >= 15 is 0 Å². The van der Waals surface area contributed by atoms with Crippen LogP contribution in [-0.2, 0) is 6.42 Å². The van der Waals surface area contributed by atoms with Gasteiger partial charge in [0.05, 0.1) is 0 Å². The van der Waals surface area contributed by atoms with Crippen molar-refractivity contribution in [1.29, 1.82) is 0 Å². The summed E-state index contributed by atoms with van der Waals surface area (Å²) in [7, 11) is 1.95. The number of nitrogens with one attached hydrogen (secondary N) is 1. The summed E-state index contributed by atoms with van der Waals surface area (Å²) in [6.07, 6.45) is 3.53. The second kappa shape index (κ2) is 3.38. The lowest BCUT2D eigenvalue weighted by atomic mass is 9.88. The zero-order valence-electron chi connectivity index (χ0n) is 8.01. The van der Waals surface area contributed by atoms with Crippen LogP contribution in [0.3, 0.4) is 0 Å². The highest BCUT2D eigenvalue weighted by Gasteiger charge is 2.16. The molecule has 1 aliphatic rings. The highest BCUT2D eigenvalue weighted by Crippen LogP contribution is 2.29. The Bertz CT molecular complexity index is 307. The highest BCUT2D eigenvalue weighted by atomic mass is 14.8. The van der Waals surface area contributed by atoms with Crippen LogP contribution < -0.4 is 11.1 Å². The van der Waals surface area contributed by atoms with Crippen molar-refractivity contribution in [2.45, 2.75) is 25.3 Å². The normalized spacial score (nSPS) is 20.9. The van der Waals surface area contributed by atoms with Gasteiger partial charge in [-0.05, 0) is 42.5 Å². The van der Waals surface area contributed by atoms with Crippen molar-refractivity contribution in [1.82, 2.24) is 0 Å². The van der Waals surface area contributed by atoms with Crippen molar-refractivity contribution in [2.75, 3.05) is 12.4 Å². The number of nitrogens with two attached hydrogens (primary N) is 1. The molecule has 3 N–H and O–H groups in total. The van der Waals surface area contributed by atoms with Crippen molar-refractivity contribution in [3.05, 3.63) is 29.3 Å². The molecule has 1 atom stereocenters. The maximum Gasteiger partial charge on any atom is 0.0340 e. The Morgan fingerprint density at radius 1 is 1.46 bits per heavy atom. The molecule has 0 aromatic heterocycles. The summed E-state index contributed by atoms with van der Waals surface area (Å²) in [5, 5.41) is 3.15. The van der Waals surface area contributed by atoms with E-state index in [1.165, 1.54) is 29.7 Å². The van der Waals surface area contributed by atoms with E-state index in [1.807, 2.05) is 7.05 Å². The van der Waals surface area contributed by atoms with Gasteiger partial charge in [0.25, 0.3) is 0 Å². The Kier molecular flexibility index (Phi) is 2.23. The van der Waals surface area contributed by atoms with E-state index in [0.29, 0.717) is 0 Å².